The summed E-state index contributed by atoms with van der Waals surface area (Å²) < 4.78 is 19.0. The van der Waals surface area contributed by atoms with Gasteiger partial charge >= 0.3 is 23.9 Å². The molecule has 0 spiro atoms. The van der Waals surface area contributed by atoms with Crippen LogP contribution in [0.4, 0.5) is 0 Å². The molecule has 142 valence electrons. The van der Waals surface area contributed by atoms with Gasteiger partial charge in [0.1, 0.15) is 12.7 Å². The van der Waals surface area contributed by atoms with E-state index in [1.807, 2.05) is 0 Å². The number of rotatable bonds is 9. The van der Waals surface area contributed by atoms with Gasteiger partial charge in [0.25, 0.3) is 5.24 Å². The number of aliphatic hydroxyl groups excluding tert-OH is 1. The van der Waals surface area contributed by atoms with Gasteiger partial charge in [-0.1, -0.05) is 0 Å². The minimum atomic E-state index is -1.86. The largest absolute Gasteiger partial charge is 0.463 e. The predicted molar refractivity (Wildman–Crippen MR) is 80.2 cm³/mol. The van der Waals surface area contributed by atoms with Gasteiger partial charge in [-0.3, -0.25) is 24.0 Å². The Bertz CT molecular complexity index is 532. The van der Waals surface area contributed by atoms with E-state index in [1.54, 1.807) is 0 Å². The summed E-state index contributed by atoms with van der Waals surface area (Å²) in [5.41, 5.74) is 0. The van der Waals surface area contributed by atoms with Gasteiger partial charge < -0.3 is 24.1 Å². The summed E-state index contributed by atoms with van der Waals surface area (Å²) in [6.45, 7) is 3.35. The molecule has 0 radical (unpaired) electrons. The number of ether oxygens (including phenoxy) is 4. The van der Waals surface area contributed by atoms with Crippen molar-refractivity contribution in [3.8, 4) is 0 Å². The van der Waals surface area contributed by atoms with Gasteiger partial charge in [-0.05, 0) is 11.6 Å². The average Bonchev–Trinajstić information content (AvgIpc) is 2.45. The number of carbonyl (C=O) groups is 5. The van der Waals surface area contributed by atoms with Crippen LogP contribution in [-0.2, 0) is 42.9 Å². The van der Waals surface area contributed by atoms with E-state index in [4.69, 9.17) is 25.8 Å². The molecule has 25 heavy (non-hydrogen) atoms. The predicted octanol–water partition coefficient (Wildman–Crippen LogP) is -0.529. The third kappa shape index (κ3) is 9.01. The quantitative estimate of drug-likeness (QED) is 0.314. The first-order valence-electron chi connectivity index (χ1n) is 6.98. The van der Waals surface area contributed by atoms with Crippen molar-refractivity contribution in [3.05, 3.63) is 0 Å². The van der Waals surface area contributed by atoms with Gasteiger partial charge in [0.2, 0.25) is 6.10 Å². The van der Waals surface area contributed by atoms with E-state index in [0.717, 1.165) is 27.7 Å². The van der Waals surface area contributed by atoms with Crippen molar-refractivity contribution < 1.29 is 48.0 Å². The van der Waals surface area contributed by atoms with Crippen LogP contribution in [0.3, 0.4) is 0 Å². The summed E-state index contributed by atoms with van der Waals surface area (Å²) in [5.74, 6) is -3.52. The highest BCUT2D eigenvalue weighted by atomic mass is 35.5. The standard InChI is InChI=1S/C14H19ClO10/c1-6(16)22-5-10(20)11(23-7(2)17)12(24-8(3)18)13(14(15)21)25-9(4)19/h10-13,20H,5H2,1-4H3/t10-,11-,12+,13+/m1/s1. The van der Waals surface area contributed by atoms with Gasteiger partial charge in [0.15, 0.2) is 12.2 Å². The molecule has 0 amide bonds. The third-order valence-electron chi connectivity index (χ3n) is 2.58. The fourth-order valence-corrected chi connectivity index (χ4v) is 1.94. The number of hydrogen-bond donors (Lipinski definition) is 1. The summed E-state index contributed by atoms with van der Waals surface area (Å²) >= 11 is 5.36. The van der Waals surface area contributed by atoms with Gasteiger partial charge in [-0.25, -0.2) is 0 Å². The van der Waals surface area contributed by atoms with Crippen LogP contribution in [0.15, 0.2) is 0 Å². The maximum atomic E-state index is 11.6. The number of halogens is 1. The lowest BCUT2D eigenvalue weighted by molar-refractivity contribution is -0.195. The summed E-state index contributed by atoms with van der Waals surface area (Å²) in [5, 5.41) is 8.88. The maximum Gasteiger partial charge on any atom is 0.303 e. The summed E-state index contributed by atoms with van der Waals surface area (Å²) in [4.78, 5) is 56.2. The molecule has 0 aliphatic heterocycles. The minimum Gasteiger partial charge on any atom is -0.463 e. The molecule has 10 nitrogen and oxygen atoms in total. The van der Waals surface area contributed by atoms with E-state index in [1.165, 1.54) is 0 Å². The highest BCUT2D eigenvalue weighted by Crippen LogP contribution is 2.19. The SMILES string of the molecule is CC(=O)OC[C@@H](O)[C@@H](OC(C)=O)[C@H](OC(C)=O)[C@H](OC(C)=O)C(=O)Cl. The van der Waals surface area contributed by atoms with Crippen LogP contribution >= 0.6 is 11.6 Å². The number of carbonyl (C=O) groups excluding carboxylic acids is 5. The van der Waals surface area contributed by atoms with Crippen LogP contribution in [0, 0.1) is 0 Å². The van der Waals surface area contributed by atoms with E-state index >= 15 is 0 Å². The van der Waals surface area contributed by atoms with Crippen LogP contribution in [0.1, 0.15) is 27.7 Å². The Morgan fingerprint density at radius 3 is 1.60 bits per heavy atom. The average molecular weight is 383 g/mol. The second-order valence-corrected chi connectivity index (χ2v) is 5.22. The molecule has 0 unspecified atom stereocenters. The molecule has 0 rings (SSSR count). The van der Waals surface area contributed by atoms with Crippen LogP contribution < -0.4 is 0 Å². The van der Waals surface area contributed by atoms with E-state index in [2.05, 4.69) is 4.74 Å². The Kier molecular flexibility index (Phi) is 9.69. The van der Waals surface area contributed by atoms with Crippen molar-refractivity contribution in [2.75, 3.05) is 6.61 Å². The lowest BCUT2D eigenvalue weighted by Crippen LogP contribution is -2.53. The molecular formula is C14H19ClO10. The van der Waals surface area contributed by atoms with Crippen LogP contribution in [0.5, 0.6) is 0 Å². The van der Waals surface area contributed by atoms with Crippen LogP contribution in [0.25, 0.3) is 0 Å². The monoisotopic (exact) mass is 382 g/mol. The van der Waals surface area contributed by atoms with Crippen molar-refractivity contribution in [1.29, 1.82) is 0 Å². The summed E-state index contributed by atoms with van der Waals surface area (Å²) in [7, 11) is 0. The third-order valence-corrected chi connectivity index (χ3v) is 2.79. The maximum absolute atomic E-state index is 11.6. The molecule has 0 aliphatic carbocycles. The molecule has 0 aliphatic rings. The van der Waals surface area contributed by atoms with E-state index in [0.29, 0.717) is 0 Å². The first-order chi connectivity index (χ1) is 11.5. The van der Waals surface area contributed by atoms with Gasteiger partial charge in [-0.15, -0.1) is 0 Å². The zero-order valence-electron chi connectivity index (χ0n) is 14.0. The molecule has 0 heterocycles. The van der Waals surface area contributed by atoms with E-state index < -0.39 is 60.1 Å². The van der Waals surface area contributed by atoms with Gasteiger partial charge in [-0.2, -0.15) is 0 Å². The molecule has 0 fully saturated rings. The number of esters is 4. The lowest BCUT2D eigenvalue weighted by atomic mass is 10.0. The fourth-order valence-electron chi connectivity index (χ4n) is 1.77. The van der Waals surface area contributed by atoms with Crippen molar-refractivity contribution in [3.63, 3.8) is 0 Å². The first-order valence-corrected chi connectivity index (χ1v) is 7.35. The second kappa shape index (κ2) is 10.6. The van der Waals surface area contributed by atoms with Crippen LogP contribution in [0.2, 0.25) is 0 Å². The highest BCUT2D eigenvalue weighted by Gasteiger charge is 2.44. The number of hydrogen-bond acceptors (Lipinski definition) is 10. The molecule has 0 aromatic heterocycles. The van der Waals surface area contributed by atoms with Crippen molar-refractivity contribution >= 4 is 40.7 Å². The lowest BCUT2D eigenvalue weighted by Gasteiger charge is -2.32. The minimum absolute atomic E-state index is 0.645. The van der Waals surface area contributed by atoms with Crippen molar-refractivity contribution in [2.24, 2.45) is 0 Å². The zero-order chi connectivity index (χ0) is 19.7. The van der Waals surface area contributed by atoms with Gasteiger partial charge in [0, 0.05) is 27.7 Å². The zero-order valence-corrected chi connectivity index (χ0v) is 14.8. The van der Waals surface area contributed by atoms with Crippen molar-refractivity contribution in [1.82, 2.24) is 0 Å². The molecule has 0 aromatic carbocycles. The Morgan fingerprint density at radius 1 is 0.800 bits per heavy atom. The Balaban J connectivity index is 5.74. The van der Waals surface area contributed by atoms with E-state index in [9.17, 15) is 29.1 Å². The molecule has 0 saturated heterocycles. The topological polar surface area (TPSA) is 143 Å². The molecule has 1 N–H and O–H groups in total. The Labute approximate surface area is 148 Å². The Hall–Kier alpha value is -2.20. The first kappa shape index (κ1) is 22.8. The van der Waals surface area contributed by atoms with E-state index in [-0.39, 0.29) is 0 Å². The summed E-state index contributed by atoms with van der Waals surface area (Å²) in [6.07, 6.45) is -7.03. The summed E-state index contributed by atoms with van der Waals surface area (Å²) in [6, 6.07) is 0. The normalized spacial score (nSPS) is 15.1. The second-order valence-electron chi connectivity index (χ2n) is 4.85. The molecule has 0 saturated carbocycles. The smallest absolute Gasteiger partial charge is 0.303 e. The fraction of sp³-hybridized carbons (Fsp3) is 0.643. The Morgan fingerprint density at radius 2 is 1.24 bits per heavy atom. The molecule has 0 aromatic rings. The van der Waals surface area contributed by atoms with Gasteiger partial charge in [0.05, 0.1) is 0 Å². The highest BCUT2D eigenvalue weighted by molar-refractivity contribution is 6.64. The molecule has 0 bridgehead atoms. The molecule has 4 atom stereocenters. The molecular weight excluding hydrogens is 364 g/mol. The number of aliphatic hydroxyl groups is 1. The van der Waals surface area contributed by atoms with Crippen molar-refractivity contribution in [2.45, 2.75) is 52.1 Å². The van der Waals surface area contributed by atoms with Crippen LogP contribution in [-0.4, -0.2) is 65.2 Å². The molecule has 11 heteroatoms.